The molecule has 0 aliphatic carbocycles. The van der Waals surface area contributed by atoms with Gasteiger partial charge >= 0.3 is 0 Å². The summed E-state index contributed by atoms with van der Waals surface area (Å²) in [6, 6.07) is 1.78. The Morgan fingerprint density at radius 3 is 2.81 bits per heavy atom. The third-order valence-electron chi connectivity index (χ3n) is 2.09. The monoisotopic (exact) mass is 263 g/mol. The number of pyridine rings is 1. The molecule has 1 heterocycles. The van der Waals surface area contributed by atoms with Gasteiger partial charge in [-0.1, -0.05) is 23.2 Å². The molecule has 0 bridgehead atoms. The lowest BCUT2D eigenvalue weighted by atomic mass is 10.2. The van der Waals surface area contributed by atoms with E-state index in [1.807, 2.05) is 6.92 Å². The molecule has 90 valence electrons. The Kier molecular flexibility index (Phi) is 5.12. The highest BCUT2D eigenvalue weighted by Gasteiger charge is 2.09. The van der Waals surface area contributed by atoms with E-state index in [0.29, 0.717) is 22.5 Å². The summed E-state index contributed by atoms with van der Waals surface area (Å²) in [5.74, 6) is 0.819. The Morgan fingerprint density at radius 1 is 1.50 bits per heavy atom. The van der Waals surface area contributed by atoms with Crippen LogP contribution in [-0.2, 0) is 4.74 Å². The molecule has 0 amide bonds. The number of nitrogens with one attached hydrogen (secondary N) is 1. The van der Waals surface area contributed by atoms with Gasteiger partial charge in [-0.25, -0.2) is 4.98 Å². The minimum atomic E-state index is 0.200. The van der Waals surface area contributed by atoms with Crippen LogP contribution in [0.5, 0.6) is 0 Å². The Balaban J connectivity index is 2.69. The first-order valence-electron chi connectivity index (χ1n) is 4.91. The van der Waals surface area contributed by atoms with Crippen molar-refractivity contribution in [1.82, 2.24) is 4.98 Å². The van der Waals surface area contributed by atoms with Gasteiger partial charge in [-0.15, -0.1) is 0 Å². The molecule has 0 aliphatic rings. The van der Waals surface area contributed by atoms with Gasteiger partial charge in [0.15, 0.2) is 0 Å². The molecule has 1 rings (SSSR count). The third kappa shape index (κ3) is 3.70. The second-order valence-electron chi connectivity index (χ2n) is 3.51. The van der Waals surface area contributed by atoms with E-state index in [1.54, 1.807) is 13.2 Å². The molecule has 16 heavy (non-hydrogen) atoms. The number of nitrogens with two attached hydrogens (primary N) is 1. The summed E-state index contributed by atoms with van der Waals surface area (Å²) in [4.78, 5) is 4.08. The molecular weight excluding hydrogens is 249 g/mol. The number of methoxy groups -OCH3 is 1. The molecule has 6 heteroatoms. The zero-order valence-corrected chi connectivity index (χ0v) is 10.8. The van der Waals surface area contributed by atoms with Gasteiger partial charge in [0.05, 0.1) is 10.0 Å². The van der Waals surface area contributed by atoms with E-state index in [9.17, 15) is 0 Å². The van der Waals surface area contributed by atoms with Crippen LogP contribution in [0.4, 0.5) is 11.6 Å². The number of anilines is 2. The number of ether oxygens (including phenoxy) is 1. The summed E-state index contributed by atoms with van der Waals surface area (Å²) in [5, 5.41) is 3.97. The highest BCUT2D eigenvalue weighted by Crippen LogP contribution is 2.27. The quantitative estimate of drug-likeness (QED) is 0.858. The molecule has 3 N–H and O–H groups in total. The molecule has 0 spiro atoms. The summed E-state index contributed by atoms with van der Waals surface area (Å²) in [5.41, 5.74) is 5.60. The van der Waals surface area contributed by atoms with Crippen molar-refractivity contribution in [2.24, 2.45) is 0 Å². The van der Waals surface area contributed by atoms with Crippen LogP contribution in [0.3, 0.4) is 0 Å². The summed E-state index contributed by atoms with van der Waals surface area (Å²) in [6.07, 6.45) is 0.858. The van der Waals surface area contributed by atoms with Crippen LogP contribution in [0.2, 0.25) is 10.0 Å². The minimum Gasteiger partial charge on any atom is -0.385 e. The summed E-state index contributed by atoms with van der Waals surface area (Å²) >= 11 is 11.8. The van der Waals surface area contributed by atoms with Crippen LogP contribution in [0.15, 0.2) is 6.07 Å². The van der Waals surface area contributed by atoms with E-state index in [0.717, 1.165) is 6.42 Å². The van der Waals surface area contributed by atoms with Crippen molar-refractivity contribution in [3.05, 3.63) is 16.1 Å². The van der Waals surface area contributed by atoms with Gasteiger partial charge in [0.1, 0.15) is 11.6 Å². The lowest BCUT2D eigenvalue weighted by molar-refractivity contribution is 0.191. The first kappa shape index (κ1) is 13.4. The van der Waals surface area contributed by atoms with Crippen molar-refractivity contribution >= 4 is 34.8 Å². The van der Waals surface area contributed by atoms with Crippen LogP contribution in [0.1, 0.15) is 13.3 Å². The Hall–Kier alpha value is -0.710. The zero-order chi connectivity index (χ0) is 12.1. The maximum absolute atomic E-state index is 5.98. The van der Waals surface area contributed by atoms with Gasteiger partial charge in [-0.05, 0) is 19.4 Å². The minimum absolute atomic E-state index is 0.200. The van der Waals surface area contributed by atoms with Gasteiger partial charge in [0.2, 0.25) is 0 Å². The van der Waals surface area contributed by atoms with Crippen molar-refractivity contribution in [2.75, 3.05) is 24.8 Å². The van der Waals surface area contributed by atoms with Gasteiger partial charge in [-0.2, -0.15) is 0 Å². The molecule has 0 aliphatic heterocycles. The number of hydrogen-bond acceptors (Lipinski definition) is 4. The van der Waals surface area contributed by atoms with Crippen LogP contribution in [-0.4, -0.2) is 24.7 Å². The first-order valence-corrected chi connectivity index (χ1v) is 5.67. The number of hydrogen-bond donors (Lipinski definition) is 2. The Labute approximate surface area is 105 Å². The fourth-order valence-corrected chi connectivity index (χ4v) is 1.60. The molecule has 0 fully saturated rings. The molecular formula is C10H15Cl2N3O. The lowest BCUT2D eigenvalue weighted by Crippen LogP contribution is -2.18. The lowest BCUT2D eigenvalue weighted by Gasteiger charge is -2.15. The molecule has 1 aromatic heterocycles. The van der Waals surface area contributed by atoms with Crippen molar-refractivity contribution in [3.8, 4) is 0 Å². The Morgan fingerprint density at radius 2 is 2.19 bits per heavy atom. The van der Waals surface area contributed by atoms with Crippen LogP contribution < -0.4 is 11.1 Å². The largest absolute Gasteiger partial charge is 0.385 e. The zero-order valence-electron chi connectivity index (χ0n) is 9.26. The average Bonchev–Trinajstić information content (AvgIpc) is 2.23. The van der Waals surface area contributed by atoms with E-state index in [2.05, 4.69) is 10.3 Å². The summed E-state index contributed by atoms with van der Waals surface area (Å²) in [7, 11) is 1.66. The van der Waals surface area contributed by atoms with Crippen molar-refractivity contribution in [3.63, 3.8) is 0 Å². The number of rotatable bonds is 5. The third-order valence-corrected chi connectivity index (χ3v) is 2.69. The molecule has 1 unspecified atom stereocenters. The molecule has 4 nitrogen and oxygen atoms in total. The molecule has 1 atom stereocenters. The summed E-state index contributed by atoms with van der Waals surface area (Å²) < 4.78 is 4.98. The van der Waals surface area contributed by atoms with Crippen molar-refractivity contribution < 1.29 is 4.74 Å². The maximum atomic E-state index is 5.98. The predicted octanol–water partition coefficient (Wildman–Crippen LogP) is 2.81. The Bertz CT molecular complexity index is 360. The van der Waals surface area contributed by atoms with Crippen LogP contribution >= 0.6 is 23.2 Å². The van der Waals surface area contributed by atoms with Gasteiger partial charge in [-0.3, -0.25) is 0 Å². The van der Waals surface area contributed by atoms with Gasteiger partial charge < -0.3 is 15.8 Å². The van der Waals surface area contributed by atoms with E-state index in [4.69, 9.17) is 33.7 Å². The van der Waals surface area contributed by atoms with E-state index in [1.165, 1.54) is 0 Å². The van der Waals surface area contributed by atoms with Crippen molar-refractivity contribution in [1.29, 1.82) is 0 Å². The standard InChI is InChI=1S/C10H15Cl2N3O/c1-6(3-4-16-2)14-10-8(12)5-7(11)9(13)15-10/h5-6H,3-4H2,1-2H3,(H3,13,14,15). The summed E-state index contributed by atoms with van der Waals surface area (Å²) in [6.45, 7) is 2.69. The van der Waals surface area contributed by atoms with E-state index in [-0.39, 0.29) is 11.9 Å². The van der Waals surface area contributed by atoms with Crippen LogP contribution in [0.25, 0.3) is 0 Å². The molecule has 0 aromatic carbocycles. The average molecular weight is 264 g/mol. The molecule has 1 aromatic rings. The smallest absolute Gasteiger partial charge is 0.147 e. The van der Waals surface area contributed by atoms with Gasteiger partial charge in [0, 0.05) is 19.8 Å². The van der Waals surface area contributed by atoms with Crippen LogP contribution in [0, 0.1) is 0 Å². The topological polar surface area (TPSA) is 60.2 Å². The highest BCUT2D eigenvalue weighted by atomic mass is 35.5. The number of nitrogens with zero attached hydrogens (tertiary/aromatic N) is 1. The van der Waals surface area contributed by atoms with E-state index >= 15 is 0 Å². The molecule has 0 saturated heterocycles. The SMILES string of the molecule is COCCC(C)Nc1nc(N)c(Cl)cc1Cl. The molecule has 0 radical (unpaired) electrons. The highest BCUT2D eigenvalue weighted by molar-refractivity contribution is 6.37. The second kappa shape index (κ2) is 6.13. The fraction of sp³-hybridized carbons (Fsp3) is 0.500. The number of aromatic nitrogens is 1. The second-order valence-corrected chi connectivity index (χ2v) is 4.33. The molecule has 0 saturated carbocycles. The number of nitrogen functional groups attached to an aromatic ring is 1. The maximum Gasteiger partial charge on any atom is 0.147 e. The van der Waals surface area contributed by atoms with Crippen molar-refractivity contribution in [2.45, 2.75) is 19.4 Å². The fourth-order valence-electron chi connectivity index (χ4n) is 1.18. The number of halogens is 2. The van der Waals surface area contributed by atoms with Gasteiger partial charge in [0.25, 0.3) is 0 Å². The predicted molar refractivity (Wildman–Crippen MR) is 68.2 cm³/mol. The normalized spacial score (nSPS) is 12.5. The first-order chi connectivity index (χ1) is 7.54. The van der Waals surface area contributed by atoms with E-state index < -0.39 is 0 Å².